The lowest BCUT2D eigenvalue weighted by molar-refractivity contribution is 0.0697. The van der Waals surface area contributed by atoms with E-state index in [4.69, 9.17) is 0 Å². The molecule has 4 rings (SSSR count). The Morgan fingerprint density at radius 3 is 2.35 bits per heavy atom. The first kappa shape index (κ1) is 23.0. The molecule has 1 aromatic heterocycles. The molecule has 2 heterocycles. The average molecular weight is 461 g/mol. The summed E-state index contributed by atoms with van der Waals surface area (Å²) in [6.45, 7) is 2.80. The fourth-order valence-electron chi connectivity index (χ4n) is 3.82. The summed E-state index contributed by atoms with van der Waals surface area (Å²) in [5.74, 6) is -1.31. The van der Waals surface area contributed by atoms with E-state index < -0.39 is 11.7 Å². The molecule has 3 aromatic rings. The van der Waals surface area contributed by atoms with Gasteiger partial charge in [0.1, 0.15) is 5.82 Å². The van der Waals surface area contributed by atoms with Crippen molar-refractivity contribution in [3.63, 3.8) is 0 Å². The van der Waals surface area contributed by atoms with Crippen molar-refractivity contribution >= 4 is 23.5 Å². The van der Waals surface area contributed by atoms with Crippen molar-refractivity contribution in [3.8, 4) is 0 Å². The molecule has 0 aliphatic carbocycles. The molecule has 1 saturated heterocycles. The van der Waals surface area contributed by atoms with Crippen molar-refractivity contribution in [1.82, 2.24) is 20.2 Å². The standard InChI is InChI=1S/C25H24FN5O3/c1-16-3-2-4-18(15-16)23(32)30-22-21(27-11-12-28-22)24(33)29-20-9-13-31(14-10-20)25(34)17-5-7-19(26)8-6-17/h2-8,11-12,15,20H,9-10,13-14H2,1H3,(H,29,33)(H,28,30,32). The SMILES string of the molecule is Cc1cccc(C(=O)Nc2nccnc2C(=O)NC2CCN(C(=O)c3ccc(F)cc3)CC2)c1. The summed E-state index contributed by atoms with van der Waals surface area (Å²) in [5.41, 5.74) is 1.84. The molecule has 3 amide bonds. The van der Waals surface area contributed by atoms with Gasteiger partial charge in [0.25, 0.3) is 17.7 Å². The van der Waals surface area contributed by atoms with Gasteiger partial charge in [-0.3, -0.25) is 14.4 Å². The lowest BCUT2D eigenvalue weighted by atomic mass is 10.0. The van der Waals surface area contributed by atoms with Gasteiger partial charge in [-0.2, -0.15) is 0 Å². The summed E-state index contributed by atoms with van der Waals surface area (Å²) in [5, 5.41) is 5.59. The molecule has 174 valence electrons. The molecule has 0 saturated carbocycles. The number of aromatic nitrogens is 2. The molecular formula is C25H24FN5O3. The number of aryl methyl sites for hydroxylation is 1. The Morgan fingerprint density at radius 2 is 1.65 bits per heavy atom. The minimum atomic E-state index is -0.448. The van der Waals surface area contributed by atoms with Gasteiger partial charge in [-0.15, -0.1) is 0 Å². The lowest BCUT2D eigenvalue weighted by Crippen LogP contribution is -2.46. The number of hydrogen-bond acceptors (Lipinski definition) is 5. The number of carbonyl (C=O) groups is 3. The third-order valence-electron chi connectivity index (χ3n) is 5.63. The summed E-state index contributed by atoms with van der Waals surface area (Å²) in [7, 11) is 0. The highest BCUT2D eigenvalue weighted by molar-refractivity contribution is 6.07. The smallest absolute Gasteiger partial charge is 0.273 e. The largest absolute Gasteiger partial charge is 0.348 e. The van der Waals surface area contributed by atoms with Crippen LogP contribution in [0.3, 0.4) is 0 Å². The molecule has 1 fully saturated rings. The second-order valence-electron chi connectivity index (χ2n) is 8.12. The van der Waals surface area contributed by atoms with Crippen molar-refractivity contribution in [2.45, 2.75) is 25.8 Å². The van der Waals surface area contributed by atoms with Gasteiger partial charge in [-0.1, -0.05) is 17.7 Å². The lowest BCUT2D eigenvalue weighted by Gasteiger charge is -2.32. The summed E-state index contributed by atoms with van der Waals surface area (Å²) in [6.07, 6.45) is 3.91. The molecule has 0 bridgehead atoms. The number of anilines is 1. The molecular weight excluding hydrogens is 437 g/mol. The number of halogens is 1. The number of benzene rings is 2. The van der Waals surface area contributed by atoms with Crippen LogP contribution in [0.15, 0.2) is 60.9 Å². The Morgan fingerprint density at radius 1 is 0.941 bits per heavy atom. The van der Waals surface area contributed by atoms with Crippen LogP contribution >= 0.6 is 0 Å². The Balaban J connectivity index is 1.36. The zero-order chi connectivity index (χ0) is 24.1. The van der Waals surface area contributed by atoms with Crippen LogP contribution in [0.25, 0.3) is 0 Å². The number of amides is 3. The first-order chi connectivity index (χ1) is 16.4. The van der Waals surface area contributed by atoms with E-state index in [0.29, 0.717) is 37.1 Å². The maximum Gasteiger partial charge on any atom is 0.273 e. The Bertz CT molecular complexity index is 1210. The van der Waals surface area contributed by atoms with Gasteiger partial charge >= 0.3 is 0 Å². The number of piperidine rings is 1. The summed E-state index contributed by atoms with van der Waals surface area (Å²) in [4.78, 5) is 48.0. The highest BCUT2D eigenvalue weighted by atomic mass is 19.1. The number of nitrogens with one attached hydrogen (secondary N) is 2. The van der Waals surface area contributed by atoms with Gasteiger partial charge in [-0.05, 0) is 56.2 Å². The first-order valence-corrected chi connectivity index (χ1v) is 11.0. The number of rotatable bonds is 5. The molecule has 0 spiro atoms. The highest BCUT2D eigenvalue weighted by Gasteiger charge is 2.26. The third kappa shape index (κ3) is 5.43. The topological polar surface area (TPSA) is 104 Å². The van der Waals surface area contributed by atoms with Crippen LogP contribution in [0.2, 0.25) is 0 Å². The predicted molar refractivity (Wildman–Crippen MR) is 124 cm³/mol. The van der Waals surface area contributed by atoms with Crippen LogP contribution in [-0.4, -0.2) is 51.7 Å². The molecule has 8 nitrogen and oxygen atoms in total. The Labute approximate surface area is 196 Å². The van der Waals surface area contributed by atoms with Gasteiger partial charge in [0.05, 0.1) is 0 Å². The highest BCUT2D eigenvalue weighted by Crippen LogP contribution is 2.17. The molecule has 0 radical (unpaired) electrons. The maximum atomic E-state index is 13.1. The maximum absolute atomic E-state index is 13.1. The molecule has 0 unspecified atom stereocenters. The summed E-state index contributed by atoms with van der Waals surface area (Å²) >= 11 is 0. The number of carbonyl (C=O) groups excluding carboxylic acids is 3. The van der Waals surface area contributed by atoms with E-state index in [1.165, 1.54) is 36.7 Å². The van der Waals surface area contributed by atoms with Gasteiger partial charge in [0, 0.05) is 42.7 Å². The minimum absolute atomic E-state index is 0.0216. The fourth-order valence-corrected chi connectivity index (χ4v) is 3.82. The number of likely N-dealkylation sites (tertiary alicyclic amines) is 1. The summed E-state index contributed by atoms with van der Waals surface area (Å²) < 4.78 is 13.1. The van der Waals surface area contributed by atoms with Gasteiger partial charge < -0.3 is 15.5 Å². The molecule has 1 aliphatic heterocycles. The van der Waals surface area contributed by atoms with E-state index in [0.717, 1.165) is 5.56 Å². The van der Waals surface area contributed by atoms with Crippen molar-refractivity contribution in [2.75, 3.05) is 18.4 Å². The molecule has 2 N–H and O–H groups in total. The van der Waals surface area contributed by atoms with Crippen LogP contribution in [0, 0.1) is 12.7 Å². The monoisotopic (exact) mass is 461 g/mol. The zero-order valence-corrected chi connectivity index (χ0v) is 18.6. The van der Waals surface area contributed by atoms with Gasteiger partial charge in [0.15, 0.2) is 11.5 Å². The molecule has 1 aliphatic rings. The van der Waals surface area contributed by atoms with E-state index in [-0.39, 0.29) is 29.4 Å². The molecule has 0 atom stereocenters. The van der Waals surface area contributed by atoms with Crippen LogP contribution in [0.5, 0.6) is 0 Å². The van der Waals surface area contributed by atoms with Crippen molar-refractivity contribution in [3.05, 3.63) is 89.1 Å². The van der Waals surface area contributed by atoms with Crippen LogP contribution in [0.4, 0.5) is 10.2 Å². The van der Waals surface area contributed by atoms with Crippen molar-refractivity contribution < 1.29 is 18.8 Å². The molecule has 2 aromatic carbocycles. The van der Waals surface area contributed by atoms with Crippen LogP contribution in [-0.2, 0) is 0 Å². The van der Waals surface area contributed by atoms with E-state index in [2.05, 4.69) is 20.6 Å². The van der Waals surface area contributed by atoms with E-state index in [1.807, 2.05) is 13.0 Å². The second-order valence-corrected chi connectivity index (χ2v) is 8.12. The minimum Gasteiger partial charge on any atom is -0.348 e. The predicted octanol–water partition coefficient (Wildman–Crippen LogP) is 3.21. The molecule has 9 heteroatoms. The van der Waals surface area contributed by atoms with Gasteiger partial charge in [0.2, 0.25) is 0 Å². The normalized spacial score (nSPS) is 13.9. The second kappa shape index (κ2) is 10.2. The number of nitrogens with zero attached hydrogens (tertiary/aromatic N) is 3. The third-order valence-corrected chi connectivity index (χ3v) is 5.63. The summed E-state index contributed by atoms with van der Waals surface area (Å²) in [6, 6.07) is 12.4. The van der Waals surface area contributed by atoms with Crippen molar-refractivity contribution in [2.24, 2.45) is 0 Å². The fraction of sp³-hybridized carbons (Fsp3) is 0.240. The Hall–Kier alpha value is -4.14. The zero-order valence-electron chi connectivity index (χ0n) is 18.6. The van der Waals surface area contributed by atoms with E-state index in [9.17, 15) is 18.8 Å². The van der Waals surface area contributed by atoms with Crippen LogP contribution in [0.1, 0.15) is 49.6 Å². The first-order valence-electron chi connectivity index (χ1n) is 11.0. The van der Waals surface area contributed by atoms with Crippen molar-refractivity contribution in [1.29, 1.82) is 0 Å². The number of hydrogen-bond donors (Lipinski definition) is 2. The van der Waals surface area contributed by atoms with E-state index in [1.54, 1.807) is 23.1 Å². The molecule has 34 heavy (non-hydrogen) atoms. The quantitative estimate of drug-likeness (QED) is 0.607. The Kier molecular flexibility index (Phi) is 6.91. The van der Waals surface area contributed by atoms with Gasteiger partial charge in [-0.25, -0.2) is 14.4 Å². The van der Waals surface area contributed by atoms with Crippen LogP contribution < -0.4 is 10.6 Å². The van der Waals surface area contributed by atoms with E-state index >= 15 is 0 Å². The average Bonchev–Trinajstić information content (AvgIpc) is 2.85.